The van der Waals surface area contributed by atoms with Crippen molar-refractivity contribution in [2.45, 2.75) is 19.3 Å². The van der Waals surface area contributed by atoms with E-state index in [1.807, 2.05) is 26.0 Å². The quantitative estimate of drug-likeness (QED) is 0.500. The van der Waals surface area contributed by atoms with Crippen molar-refractivity contribution in [1.29, 1.82) is 0 Å². The molecule has 0 bridgehead atoms. The number of anilines is 1. The number of carbonyl (C=O) groups excluding carboxylic acids is 1. The lowest BCUT2D eigenvalue weighted by Gasteiger charge is -2.24. The van der Waals surface area contributed by atoms with Gasteiger partial charge in [0.1, 0.15) is 0 Å². The fraction of sp³-hybridized carbons (Fsp3) is 0.500. The average Bonchev–Trinajstić information content (AvgIpc) is 2.38. The maximum Gasteiger partial charge on any atom is 0.230 e. The Morgan fingerprint density at radius 1 is 1.32 bits per heavy atom. The average molecular weight is 266 g/mol. The topological polar surface area (TPSA) is 84.6 Å². The maximum absolute atomic E-state index is 12.1. The van der Waals surface area contributed by atoms with E-state index in [1.165, 1.54) is 0 Å². The first-order chi connectivity index (χ1) is 8.98. The van der Waals surface area contributed by atoms with Crippen molar-refractivity contribution in [1.82, 2.24) is 5.32 Å². The van der Waals surface area contributed by atoms with E-state index >= 15 is 0 Å². The van der Waals surface area contributed by atoms with Crippen molar-refractivity contribution < 1.29 is 14.6 Å². The van der Waals surface area contributed by atoms with Crippen molar-refractivity contribution in [2.24, 2.45) is 0 Å². The van der Waals surface area contributed by atoms with Crippen molar-refractivity contribution >= 4 is 11.6 Å². The molecule has 0 saturated heterocycles. The minimum atomic E-state index is -0.620. The van der Waals surface area contributed by atoms with Crippen LogP contribution in [-0.2, 0) is 14.9 Å². The predicted octanol–water partition coefficient (Wildman–Crippen LogP) is 0.671. The van der Waals surface area contributed by atoms with Crippen molar-refractivity contribution in [3.05, 3.63) is 29.8 Å². The number of carbonyl (C=O) groups is 1. The normalized spacial score (nSPS) is 11.3. The Morgan fingerprint density at radius 3 is 2.53 bits per heavy atom. The first-order valence-corrected chi connectivity index (χ1v) is 6.31. The first-order valence-electron chi connectivity index (χ1n) is 6.31. The molecule has 5 nitrogen and oxygen atoms in total. The van der Waals surface area contributed by atoms with Crippen molar-refractivity contribution in [3.63, 3.8) is 0 Å². The number of nitrogens with two attached hydrogens (primary N) is 1. The molecule has 0 atom stereocenters. The number of aliphatic hydroxyl groups excluding tert-OH is 1. The molecular weight excluding hydrogens is 244 g/mol. The van der Waals surface area contributed by atoms with Crippen LogP contribution in [0.2, 0.25) is 0 Å². The fourth-order valence-electron chi connectivity index (χ4n) is 1.66. The third-order valence-corrected chi connectivity index (χ3v) is 2.97. The number of amides is 1. The molecule has 0 spiro atoms. The summed E-state index contributed by atoms with van der Waals surface area (Å²) in [5, 5.41) is 11.4. The van der Waals surface area contributed by atoms with E-state index < -0.39 is 5.41 Å². The van der Waals surface area contributed by atoms with Gasteiger partial charge in [0.25, 0.3) is 0 Å². The van der Waals surface area contributed by atoms with Gasteiger partial charge in [-0.1, -0.05) is 12.1 Å². The Morgan fingerprint density at radius 2 is 1.95 bits per heavy atom. The van der Waals surface area contributed by atoms with E-state index in [0.29, 0.717) is 18.8 Å². The summed E-state index contributed by atoms with van der Waals surface area (Å²) in [7, 11) is 0. The second kappa shape index (κ2) is 7.11. The minimum Gasteiger partial charge on any atom is -0.399 e. The highest BCUT2D eigenvalue weighted by atomic mass is 16.5. The number of aliphatic hydroxyl groups is 1. The second-order valence-corrected chi connectivity index (χ2v) is 4.84. The van der Waals surface area contributed by atoms with Gasteiger partial charge in [0, 0.05) is 12.2 Å². The van der Waals surface area contributed by atoms with Gasteiger partial charge < -0.3 is 20.9 Å². The third kappa shape index (κ3) is 4.54. The molecule has 1 rings (SSSR count). The number of benzene rings is 1. The van der Waals surface area contributed by atoms with E-state index in [9.17, 15) is 4.79 Å². The van der Waals surface area contributed by atoms with Crippen molar-refractivity contribution in [3.8, 4) is 0 Å². The second-order valence-electron chi connectivity index (χ2n) is 4.84. The van der Waals surface area contributed by atoms with Crippen LogP contribution in [0.4, 0.5) is 5.69 Å². The summed E-state index contributed by atoms with van der Waals surface area (Å²) in [6.07, 6.45) is 0. The van der Waals surface area contributed by atoms with Crippen LogP contribution in [0.15, 0.2) is 24.3 Å². The van der Waals surface area contributed by atoms with Gasteiger partial charge in [-0.3, -0.25) is 4.79 Å². The summed E-state index contributed by atoms with van der Waals surface area (Å²) in [6, 6.07) is 7.29. The number of ether oxygens (including phenoxy) is 1. The van der Waals surface area contributed by atoms with Crippen LogP contribution in [-0.4, -0.2) is 37.4 Å². The molecule has 1 amide bonds. The fourth-order valence-corrected chi connectivity index (χ4v) is 1.66. The number of hydrogen-bond acceptors (Lipinski definition) is 4. The van der Waals surface area contributed by atoms with E-state index in [1.54, 1.807) is 12.1 Å². The molecule has 106 valence electrons. The zero-order valence-electron chi connectivity index (χ0n) is 11.5. The molecule has 0 aliphatic rings. The molecule has 0 unspecified atom stereocenters. The Hall–Kier alpha value is -1.59. The zero-order chi connectivity index (χ0) is 14.3. The van der Waals surface area contributed by atoms with Gasteiger partial charge >= 0.3 is 0 Å². The summed E-state index contributed by atoms with van der Waals surface area (Å²) in [5.74, 6) is -0.0649. The monoisotopic (exact) mass is 266 g/mol. The summed E-state index contributed by atoms with van der Waals surface area (Å²) >= 11 is 0. The van der Waals surface area contributed by atoms with Crippen LogP contribution in [0.25, 0.3) is 0 Å². The number of hydrogen-bond donors (Lipinski definition) is 3. The molecule has 19 heavy (non-hydrogen) atoms. The molecule has 4 N–H and O–H groups in total. The van der Waals surface area contributed by atoms with E-state index in [0.717, 1.165) is 5.56 Å². The van der Waals surface area contributed by atoms with E-state index in [4.69, 9.17) is 15.6 Å². The highest BCUT2D eigenvalue weighted by Gasteiger charge is 2.29. The van der Waals surface area contributed by atoms with E-state index in [2.05, 4.69) is 5.32 Å². The lowest BCUT2D eigenvalue weighted by Crippen LogP contribution is -2.41. The number of rotatable bonds is 7. The first kappa shape index (κ1) is 15.5. The maximum atomic E-state index is 12.1. The highest BCUT2D eigenvalue weighted by molar-refractivity contribution is 5.87. The SMILES string of the molecule is CC(C)(C(=O)NCCOCCO)c1ccc(N)cc1. The third-order valence-electron chi connectivity index (χ3n) is 2.97. The van der Waals surface area contributed by atoms with Crippen LogP contribution in [0.5, 0.6) is 0 Å². The van der Waals surface area contributed by atoms with Crippen LogP contribution in [0.1, 0.15) is 19.4 Å². The lowest BCUT2D eigenvalue weighted by molar-refractivity contribution is -0.125. The Kier molecular flexibility index (Phi) is 5.79. The van der Waals surface area contributed by atoms with E-state index in [-0.39, 0.29) is 19.1 Å². The van der Waals surface area contributed by atoms with Gasteiger partial charge in [-0.2, -0.15) is 0 Å². The molecule has 0 radical (unpaired) electrons. The summed E-state index contributed by atoms with van der Waals surface area (Å²) in [4.78, 5) is 12.1. The van der Waals surface area contributed by atoms with Crippen LogP contribution in [0, 0.1) is 0 Å². The number of nitrogens with one attached hydrogen (secondary N) is 1. The molecule has 1 aromatic rings. The Balaban J connectivity index is 2.52. The Labute approximate surface area is 113 Å². The molecule has 5 heteroatoms. The predicted molar refractivity (Wildman–Crippen MR) is 74.8 cm³/mol. The molecule has 1 aromatic carbocycles. The largest absolute Gasteiger partial charge is 0.399 e. The summed E-state index contributed by atoms with van der Waals surface area (Å²) in [5.41, 5.74) is 6.61. The van der Waals surface area contributed by atoms with Gasteiger partial charge in [0.2, 0.25) is 5.91 Å². The minimum absolute atomic E-state index is 0.00905. The standard InChI is InChI=1S/C14H22N2O3/c1-14(2,11-3-5-12(15)6-4-11)13(18)16-7-9-19-10-8-17/h3-6,17H,7-10,15H2,1-2H3,(H,16,18). The van der Waals surface area contributed by atoms with Gasteiger partial charge in [0.05, 0.1) is 25.2 Å². The summed E-state index contributed by atoms with van der Waals surface area (Å²) in [6.45, 7) is 4.83. The lowest BCUT2D eigenvalue weighted by atomic mass is 9.83. The summed E-state index contributed by atoms with van der Waals surface area (Å²) < 4.78 is 5.09. The molecule has 0 aromatic heterocycles. The molecule has 0 fully saturated rings. The van der Waals surface area contributed by atoms with Gasteiger partial charge in [-0.25, -0.2) is 0 Å². The molecular formula is C14H22N2O3. The van der Waals surface area contributed by atoms with Gasteiger partial charge in [0.15, 0.2) is 0 Å². The molecule has 0 aliphatic carbocycles. The van der Waals surface area contributed by atoms with Crippen LogP contribution < -0.4 is 11.1 Å². The molecule has 0 saturated carbocycles. The van der Waals surface area contributed by atoms with Crippen molar-refractivity contribution in [2.75, 3.05) is 32.1 Å². The van der Waals surface area contributed by atoms with Crippen LogP contribution in [0.3, 0.4) is 0 Å². The molecule has 0 aliphatic heterocycles. The van der Waals surface area contributed by atoms with Gasteiger partial charge in [-0.05, 0) is 31.5 Å². The Bertz CT molecular complexity index is 402. The zero-order valence-corrected chi connectivity index (χ0v) is 11.5. The smallest absolute Gasteiger partial charge is 0.230 e. The molecule has 0 heterocycles. The van der Waals surface area contributed by atoms with Gasteiger partial charge in [-0.15, -0.1) is 0 Å². The highest BCUT2D eigenvalue weighted by Crippen LogP contribution is 2.24. The number of nitrogen functional groups attached to an aromatic ring is 1. The van der Waals surface area contributed by atoms with Crippen LogP contribution >= 0.6 is 0 Å².